The van der Waals surface area contributed by atoms with Crippen molar-refractivity contribution in [1.29, 1.82) is 0 Å². The molecule has 2 aromatic carbocycles. The van der Waals surface area contributed by atoms with Crippen molar-refractivity contribution in [2.45, 2.75) is 13.0 Å². The van der Waals surface area contributed by atoms with E-state index in [9.17, 15) is 10.2 Å². The minimum Gasteiger partial charge on any atom is -0.507 e. The molecule has 0 saturated carbocycles. The lowest BCUT2D eigenvalue weighted by atomic mass is 9.84. The lowest BCUT2D eigenvalue weighted by Crippen LogP contribution is -2.15. The normalized spacial score (nSPS) is 18.7. The highest BCUT2D eigenvalue weighted by Gasteiger charge is 2.22. The maximum Gasteiger partial charge on any atom is 0.124 e. The van der Waals surface area contributed by atoms with Crippen LogP contribution in [0.5, 0.6) is 5.75 Å². The number of fused-ring (bicyclic) bond motifs is 3. The molecule has 90 valence electrons. The topological polar surface area (TPSA) is 40.5 Å². The van der Waals surface area contributed by atoms with Crippen LogP contribution in [0.25, 0.3) is 22.4 Å². The second kappa shape index (κ2) is 3.72. The van der Waals surface area contributed by atoms with Crippen molar-refractivity contribution < 1.29 is 10.2 Å². The highest BCUT2D eigenvalue weighted by Crippen LogP contribution is 2.39. The molecule has 0 radical (unpaired) electrons. The zero-order valence-corrected chi connectivity index (χ0v) is 10.1. The van der Waals surface area contributed by atoms with Crippen LogP contribution in [-0.2, 0) is 0 Å². The number of aliphatic hydroxyl groups is 1. The van der Waals surface area contributed by atoms with Crippen molar-refractivity contribution in [1.82, 2.24) is 0 Å². The first kappa shape index (κ1) is 11.1. The van der Waals surface area contributed by atoms with E-state index in [1.165, 1.54) is 0 Å². The summed E-state index contributed by atoms with van der Waals surface area (Å²) in [6.07, 6.45) is 1.31. The average molecular weight is 238 g/mol. The molecular weight excluding hydrogens is 224 g/mol. The summed E-state index contributed by atoms with van der Waals surface area (Å²) in [6, 6.07) is 9.40. The first-order chi connectivity index (χ1) is 8.59. The Morgan fingerprint density at radius 2 is 1.83 bits per heavy atom. The van der Waals surface area contributed by atoms with Gasteiger partial charge >= 0.3 is 0 Å². The van der Waals surface area contributed by atoms with E-state index < -0.39 is 6.10 Å². The number of aromatic hydroxyl groups is 1. The van der Waals surface area contributed by atoms with E-state index in [0.29, 0.717) is 5.57 Å². The van der Waals surface area contributed by atoms with E-state index in [1.54, 1.807) is 6.07 Å². The van der Waals surface area contributed by atoms with Crippen LogP contribution in [-0.4, -0.2) is 16.3 Å². The zero-order chi connectivity index (χ0) is 12.9. The molecule has 0 saturated heterocycles. The molecule has 18 heavy (non-hydrogen) atoms. The van der Waals surface area contributed by atoms with E-state index in [0.717, 1.165) is 27.5 Å². The first-order valence-corrected chi connectivity index (χ1v) is 5.89. The fraction of sp³-hybridized carbons (Fsp3) is 0.125. The van der Waals surface area contributed by atoms with Crippen LogP contribution in [0.1, 0.15) is 18.1 Å². The summed E-state index contributed by atoms with van der Waals surface area (Å²) >= 11 is 0. The average Bonchev–Trinajstić information content (AvgIpc) is 2.38. The van der Waals surface area contributed by atoms with Gasteiger partial charge in [-0.25, -0.2) is 0 Å². The van der Waals surface area contributed by atoms with Gasteiger partial charge in [0.25, 0.3) is 0 Å². The molecule has 1 atom stereocenters. The fourth-order valence-electron chi connectivity index (χ4n) is 2.53. The summed E-state index contributed by atoms with van der Waals surface area (Å²) in [4.78, 5) is 0. The molecule has 2 aromatic rings. The van der Waals surface area contributed by atoms with Gasteiger partial charge in [-0.3, -0.25) is 0 Å². The Morgan fingerprint density at radius 1 is 1.17 bits per heavy atom. The monoisotopic (exact) mass is 238 g/mol. The molecule has 0 bridgehead atoms. The van der Waals surface area contributed by atoms with Gasteiger partial charge in [0, 0.05) is 5.39 Å². The Hall–Kier alpha value is -2.06. The van der Waals surface area contributed by atoms with Gasteiger partial charge in [-0.2, -0.15) is 0 Å². The van der Waals surface area contributed by atoms with Gasteiger partial charge in [0.05, 0.1) is 0 Å². The van der Waals surface area contributed by atoms with Gasteiger partial charge in [0.1, 0.15) is 11.9 Å². The van der Waals surface area contributed by atoms with Gasteiger partial charge < -0.3 is 10.2 Å². The van der Waals surface area contributed by atoms with Crippen LogP contribution >= 0.6 is 0 Å². The largest absolute Gasteiger partial charge is 0.507 e. The van der Waals surface area contributed by atoms with Crippen LogP contribution in [0.2, 0.25) is 0 Å². The number of phenolic OH excluding ortho intramolecular Hbond substituents is 1. The molecule has 1 aliphatic carbocycles. The van der Waals surface area contributed by atoms with E-state index in [1.807, 2.05) is 37.3 Å². The van der Waals surface area contributed by atoms with Crippen molar-refractivity contribution in [3.05, 3.63) is 53.6 Å². The van der Waals surface area contributed by atoms with Gasteiger partial charge in [-0.05, 0) is 40.6 Å². The molecule has 0 aliphatic heterocycles. The third kappa shape index (κ3) is 1.39. The van der Waals surface area contributed by atoms with E-state index >= 15 is 0 Å². The highest BCUT2D eigenvalue weighted by atomic mass is 16.3. The highest BCUT2D eigenvalue weighted by molar-refractivity contribution is 6.01. The van der Waals surface area contributed by atoms with Crippen LogP contribution in [0.15, 0.2) is 42.5 Å². The van der Waals surface area contributed by atoms with Crippen molar-refractivity contribution in [2.75, 3.05) is 0 Å². The van der Waals surface area contributed by atoms with Crippen LogP contribution in [0.4, 0.5) is 0 Å². The molecule has 0 heterocycles. The number of benzene rings is 2. The zero-order valence-electron chi connectivity index (χ0n) is 10.1. The number of rotatable bonds is 0. The lowest BCUT2D eigenvalue weighted by Gasteiger charge is -2.24. The summed E-state index contributed by atoms with van der Waals surface area (Å²) in [6.45, 7) is 5.82. The summed E-state index contributed by atoms with van der Waals surface area (Å²) < 4.78 is 0. The van der Waals surface area contributed by atoms with Crippen LogP contribution < -0.4 is 0 Å². The van der Waals surface area contributed by atoms with Gasteiger partial charge in [0.15, 0.2) is 0 Å². The second-order valence-electron chi connectivity index (χ2n) is 4.72. The lowest BCUT2D eigenvalue weighted by molar-refractivity contribution is 0.268. The third-order valence-corrected chi connectivity index (χ3v) is 3.54. The minimum absolute atomic E-state index is 0.227. The molecular formula is C16H14O2. The Labute approximate surface area is 106 Å². The Balaban J connectivity index is 2.45. The van der Waals surface area contributed by atoms with Gasteiger partial charge in [0.2, 0.25) is 0 Å². The molecule has 2 nitrogen and oxygen atoms in total. The third-order valence-electron chi connectivity index (χ3n) is 3.54. The maximum absolute atomic E-state index is 10.1. The molecule has 1 aliphatic rings. The van der Waals surface area contributed by atoms with Gasteiger partial charge in [-0.1, -0.05) is 36.9 Å². The molecule has 0 spiro atoms. The van der Waals surface area contributed by atoms with E-state index in [4.69, 9.17) is 0 Å². The number of phenols is 1. The van der Waals surface area contributed by atoms with Crippen LogP contribution in [0, 0.1) is 0 Å². The SMILES string of the molecule is C=C1c2cc(O)c3ccccc3c2C=C(C)C1O. The number of aliphatic hydroxyl groups excluding tert-OH is 1. The second-order valence-corrected chi connectivity index (χ2v) is 4.72. The predicted octanol–water partition coefficient (Wildman–Crippen LogP) is 3.34. The van der Waals surface area contributed by atoms with Crippen molar-refractivity contribution in [3.8, 4) is 5.75 Å². The smallest absolute Gasteiger partial charge is 0.124 e. The molecule has 0 fully saturated rings. The van der Waals surface area contributed by atoms with E-state index in [2.05, 4.69) is 6.58 Å². The summed E-state index contributed by atoms with van der Waals surface area (Å²) in [5.74, 6) is 0.227. The minimum atomic E-state index is -0.655. The first-order valence-electron chi connectivity index (χ1n) is 5.89. The maximum atomic E-state index is 10.1. The summed E-state index contributed by atoms with van der Waals surface area (Å²) in [5, 5.41) is 21.9. The quantitative estimate of drug-likeness (QED) is 0.739. The summed E-state index contributed by atoms with van der Waals surface area (Å²) in [7, 11) is 0. The molecule has 3 rings (SSSR count). The van der Waals surface area contributed by atoms with E-state index in [-0.39, 0.29) is 5.75 Å². The fourth-order valence-corrected chi connectivity index (χ4v) is 2.53. The Kier molecular flexibility index (Phi) is 2.28. The molecule has 0 amide bonds. The molecule has 2 heteroatoms. The number of hydrogen-bond donors (Lipinski definition) is 2. The standard InChI is InChI=1S/C16H14O2/c1-9-7-14-11-5-3-4-6-12(11)15(17)8-13(14)10(2)16(9)18/h3-8,16-18H,2H2,1H3. The van der Waals surface area contributed by atoms with Crippen molar-refractivity contribution in [3.63, 3.8) is 0 Å². The number of hydrogen-bond acceptors (Lipinski definition) is 2. The van der Waals surface area contributed by atoms with Gasteiger partial charge in [-0.15, -0.1) is 0 Å². The molecule has 1 unspecified atom stereocenters. The predicted molar refractivity (Wildman–Crippen MR) is 74.3 cm³/mol. The molecule has 0 aromatic heterocycles. The van der Waals surface area contributed by atoms with Crippen molar-refractivity contribution in [2.24, 2.45) is 0 Å². The Morgan fingerprint density at radius 3 is 2.56 bits per heavy atom. The van der Waals surface area contributed by atoms with Crippen molar-refractivity contribution >= 4 is 22.4 Å². The summed E-state index contributed by atoms with van der Waals surface area (Å²) in [5.41, 5.74) is 3.37. The molecule has 2 N–H and O–H groups in total. The van der Waals surface area contributed by atoms with Crippen LogP contribution in [0.3, 0.4) is 0 Å². The Bertz CT molecular complexity index is 696.